The van der Waals surface area contributed by atoms with Crippen LogP contribution in [-0.4, -0.2) is 42.8 Å². The Bertz CT molecular complexity index is 298. The third-order valence-corrected chi connectivity index (χ3v) is 3.55. The maximum Gasteiger partial charge on any atom is 0.410 e. The zero-order valence-electron chi connectivity index (χ0n) is 10.7. The smallest absolute Gasteiger partial charge is 0.410 e. The number of hydrogen-bond acceptors (Lipinski definition) is 3. The fraction of sp³-hybridized carbons (Fsp3) is 0.917. The number of carbonyl (C=O) groups excluding carboxylic acids is 1. The first-order chi connectivity index (χ1) is 7.30. The molecular formula is C12H22N2O2. The Kier molecular flexibility index (Phi) is 2.65. The Hall–Kier alpha value is -0.770. The van der Waals surface area contributed by atoms with Gasteiger partial charge in [-0.3, -0.25) is 0 Å². The molecule has 1 N–H and O–H groups in total. The first-order valence-electron chi connectivity index (χ1n) is 5.99. The van der Waals surface area contributed by atoms with Crippen molar-refractivity contribution in [1.82, 2.24) is 10.2 Å². The Balaban J connectivity index is 1.97. The van der Waals surface area contributed by atoms with E-state index < -0.39 is 5.60 Å². The van der Waals surface area contributed by atoms with Gasteiger partial charge in [0.1, 0.15) is 5.60 Å². The summed E-state index contributed by atoms with van der Waals surface area (Å²) in [4.78, 5) is 13.8. The summed E-state index contributed by atoms with van der Waals surface area (Å²) in [5.41, 5.74) is -0.148. The average Bonchev–Trinajstić information content (AvgIpc) is 2.55. The monoisotopic (exact) mass is 226 g/mol. The predicted octanol–water partition coefficient (Wildman–Crippen LogP) is 1.46. The van der Waals surface area contributed by atoms with Gasteiger partial charge in [-0.1, -0.05) is 6.92 Å². The van der Waals surface area contributed by atoms with E-state index in [-0.39, 0.29) is 11.5 Å². The van der Waals surface area contributed by atoms with Crippen LogP contribution in [0, 0.1) is 11.3 Å². The second-order valence-corrected chi connectivity index (χ2v) is 6.34. The van der Waals surface area contributed by atoms with Crippen molar-refractivity contribution in [3.63, 3.8) is 0 Å². The average molecular weight is 226 g/mol. The highest BCUT2D eigenvalue weighted by molar-refractivity contribution is 5.68. The van der Waals surface area contributed by atoms with Crippen LogP contribution in [0.15, 0.2) is 0 Å². The fourth-order valence-electron chi connectivity index (χ4n) is 2.62. The molecule has 0 saturated carbocycles. The molecule has 0 aromatic heterocycles. The molecule has 0 aromatic carbocycles. The Morgan fingerprint density at radius 1 is 1.50 bits per heavy atom. The van der Waals surface area contributed by atoms with Crippen molar-refractivity contribution in [2.24, 2.45) is 11.3 Å². The van der Waals surface area contributed by atoms with Crippen molar-refractivity contribution in [2.45, 2.75) is 33.3 Å². The summed E-state index contributed by atoms with van der Waals surface area (Å²) >= 11 is 0. The standard InChI is InChI=1S/C12H22N2O2/c1-11(2,3)16-10(15)14-6-9-5-13-7-12(9,4)8-14/h9,13H,5-8H2,1-4H3/t9-,12-/m0/s1. The summed E-state index contributed by atoms with van der Waals surface area (Å²) in [6.45, 7) is 11.7. The van der Waals surface area contributed by atoms with Gasteiger partial charge in [0.2, 0.25) is 0 Å². The van der Waals surface area contributed by atoms with Crippen molar-refractivity contribution in [2.75, 3.05) is 26.2 Å². The van der Waals surface area contributed by atoms with E-state index in [0.29, 0.717) is 5.92 Å². The normalized spacial score (nSPS) is 34.0. The summed E-state index contributed by atoms with van der Waals surface area (Å²) in [7, 11) is 0. The first kappa shape index (κ1) is 11.7. The number of hydrogen-bond donors (Lipinski definition) is 1. The van der Waals surface area contributed by atoms with E-state index in [1.54, 1.807) is 0 Å². The number of rotatable bonds is 0. The molecular weight excluding hydrogens is 204 g/mol. The van der Waals surface area contributed by atoms with E-state index in [9.17, 15) is 4.79 Å². The molecule has 2 aliphatic heterocycles. The van der Waals surface area contributed by atoms with Crippen LogP contribution in [0.5, 0.6) is 0 Å². The van der Waals surface area contributed by atoms with E-state index in [1.165, 1.54) is 0 Å². The second-order valence-electron chi connectivity index (χ2n) is 6.34. The molecule has 2 aliphatic rings. The lowest BCUT2D eigenvalue weighted by Crippen LogP contribution is -2.38. The van der Waals surface area contributed by atoms with Crippen LogP contribution in [0.1, 0.15) is 27.7 Å². The van der Waals surface area contributed by atoms with Crippen molar-refractivity contribution in [1.29, 1.82) is 0 Å². The van der Waals surface area contributed by atoms with Gasteiger partial charge >= 0.3 is 6.09 Å². The number of nitrogens with zero attached hydrogens (tertiary/aromatic N) is 1. The van der Waals surface area contributed by atoms with E-state index in [1.807, 2.05) is 25.7 Å². The molecule has 0 unspecified atom stereocenters. The predicted molar refractivity (Wildman–Crippen MR) is 62.3 cm³/mol. The van der Waals surface area contributed by atoms with Crippen molar-refractivity contribution in [3.8, 4) is 0 Å². The number of carbonyl (C=O) groups is 1. The van der Waals surface area contributed by atoms with Gasteiger partial charge in [0.15, 0.2) is 0 Å². The minimum Gasteiger partial charge on any atom is -0.444 e. The Morgan fingerprint density at radius 3 is 2.75 bits per heavy atom. The van der Waals surface area contributed by atoms with Gasteiger partial charge in [-0.2, -0.15) is 0 Å². The van der Waals surface area contributed by atoms with Gasteiger partial charge < -0.3 is 15.0 Å². The van der Waals surface area contributed by atoms with Gasteiger partial charge in [-0.05, 0) is 26.7 Å². The number of ether oxygens (including phenoxy) is 1. The zero-order chi connectivity index (χ0) is 12.0. The molecule has 2 saturated heterocycles. The molecule has 2 heterocycles. The van der Waals surface area contributed by atoms with Crippen LogP contribution in [-0.2, 0) is 4.74 Å². The van der Waals surface area contributed by atoms with Crippen LogP contribution < -0.4 is 5.32 Å². The van der Waals surface area contributed by atoms with Gasteiger partial charge in [0.05, 0.1) is 0 Å². The molecule has 0 aliphatic carbocycles. The summed E-state index contributed by atoms with van der Waals surface area (Å²) in [6.07, 6.45) is -0.164. The van der Waals surface area contributed by atoms with Crippen LogP contribution >= 0.6 is 0 Å². The molecule has 4 heteroatoms. The van der Waals surface area contributed by atoms with Crippen molar-refractivity contribution < 1.29 is 9.53 Å². The van der Waals surface area contributed by atoms with Crippen molar-refractivity contribution in [3.05, 3.63) is 0 Å². The number of amides is 1. The molecule has 0 radical (unpaired) electrons. The molecule has 4 nitrogen and oxygen atoms in total. The van der Waals surface area contributed by atoms with E-state index in [2.05, 4.69) is 12.2 Å². The summed E-state index contributed by atoms with van der Waals surface area (Å²) < 4.78 is 5.40. The number of likely N-dealkylation sites (tertiary alicyclic amines) is 1. The lowest BCUT2D eigenvalue weighted by Gasteiger charge is -2.26. The third kappa shape index (κ3) is 2.17. The fourth-order valence-corrected chi connectivity index (χ4v) is 2.62. The van der Waals surface area contributed by atoms with Crippen LogP contribution in [0.4, 0.5) is 4.79 Å². The van der Waals surface area contributed by atoms with Gasteiger partial charge in [-0.25, -0.2) is 4.79 Å². The Labute approximate surface area is 97.3 Å². The molecule has 0 aromatic rings. The lowest BCUT2D eigenvalue weighted by atomic mass is 9.83. The summed E-state index contributed by atoms with van der Waals surface area (Å²) in [6, 6.07) is 0. The van der Waals surface area contributed by atoms with Gasteiger partial charge in [0, 0.05) is 31.6 Å². The first-order valence-corrected chi connectivity index (χ1v) is 5.99. The quantitative estimate of drug-likeness (QED) is 0.680. The van der Waals surface area contributed by atoms with Crippen LogP contribution in [0.2, 0.25) is 0 Å². The molecule has 16 heavy (non-hydrogen) atoms. The summed E-state index contributed by atoms with van der Waals surface area (Å²) in [5, 5.41) is 3.39. The Morgan fingerprint density at radius 2 is 2.19 bits per heavy atom. The molecule has 1 amide bonds. The molecule has 92 valence electrons. The number of nitrogens with one attached hydrogen (secondary N) is 1. The SMILES string of the molecule is CC(C)(C)OC(=O)N1C[C@@H]2CNC[C@@]2(C)C1. The van der Waals surface area contributed by atoms with E-state index in [0.717, 1.165) is 26.2 Å². The minimum absolute atomic E-state index is 0.164. The molecule has 0 spiro atoms. The highest BCUT2D eigenvalue weighted by atomic mass is 16.6. The highest BCUT2D eigenvalue weighted by Gasteiger charge is 2.48. The third-order valence-electron chi connectivity index (χ3n) is 3.55. The van der Waals surface area contributed by atoms with Crippen molar-refractivity contribution >= 4 is 6.09 Å². The summed E-state index contributed by atoms with van der Waals surface area (Å²) in [5.74, 6) is 0.583. The molecule has 2 atom stereocenters. The molecule has 2 fully saturated rings. The zero-order valence-corrected chi connectivity index (χ0v) is 10.7. The van der Waals surface area contributed by atoms with E-state index in [4.69, 9.17) is 4.74 Å². The van der Waals surface area contributed by atoms with Crippen LogP contribution in [0.25, 0.3) is 0 Å². The maximum absolute atomic E-state index is 11.9. The molecule has 2 rings (SSSR count). The van der Waals surface area contributed by atoms with Crippen LogP contribution in [0.3, 0.4) is 0 Å². The van der Waals surface area contributed by atoms with Gasteiger partial charge in [0.25, 0.3) is 0 Å². The topological polar surface area (TPSA) is 41.6 Å². The van der Waals surface area contributed by atoms with Gasteiger partial charge in [-0.15, -0.1) is 0 Å². The second kappa shape index (κ2) is 3.62. The lowest BCUT2D eigenvalue weighted by molar-refractivity contribution is 0.0272. The maximum atomic E-state index is 11.9. The van der Waals surface area contributed by atoms with E-state index >= 15 is 0 Å². The highest BCUT2D eigenvalue weighted by Crippen LogP contribution is 2.38. The molecule has 0 bridgehead atoms. The largest absolute Gasteiger partial charge is 0.444 e. The minimum atomic E-state index is -0.395. The number of fused-ring (bicyclic) bond motifs is 1.